The number of benzene rings is 2. The van der Waals surface area contributed by atoms with Gasteiger partial charge in [-0.2, -0.15) is 0 Å². The maximum atomic E-state index is 12.1. The van der Waals surface area contributed by atoms with E-state index < -0.39 is 5.97 Å². The normalized spacial score (nSPS) is 11.1. The number of rotatable bonds is 3. The van der Waals surface area contributed by atoms with Crippen LogP contribution in [0.25, 0.3) is 27.5 Å². The minimum Gasteiger partial charge on any atom is -0.504 e. The van der Waals surface area contributed by atoms with Gasteiger partial charge in [-0.3, -0.25) is 0 Å². The van der Waals surface area contributed by atoms with E-state index in [9.17, 15) is 9.90 Å². The van der Waals surface area contributed by atoms with E-state index in [0.29, 0.717) is 5.52 Å². The molecular weight excluding hydrogens is 316 g/mol. The van der Waals surface area contributed by atoms with Crippen molar-refractivity contribution in [1.29, 1.82) is 0 Å². The molecule has 0 aliphatic rings. The van der Waals surface area contributed by atoms with Gasteiger partial charge in [0.15, 0.2) is 11.4 Å². The van der Waals surface area contributed by atoms with Crippen LogP contribution in [0.15, 0.2) is 60.8 Å². The zero-order valence-electron chi connectivity index (χ0n) is 13.6. The van der Waals surface area contributed by atoms with Crippen LogP contribution in [0.5, 0.6) is 5.75 Å². The van der Waals surface area contributed by atoms with Gasteiger partial charge in [0.1, 0.15) is 5.52 Å². The van der Waals surface area contributed by atoms with E-state index in [1.165, 1.54) is 0 Å². The summed E-state index contributed by atoms with van der Waals surface area (Å²) in [5, 5.41) is 12.5. The highest BCUT2D eigenvalue weighted by atomic mass is 16.5. The summed E-state index contributed by atoms with van der Waals surface area (Å²) in [6.45, 7) is 1.94. The highest BCUT2D eigenvalue weighted by Gasteiger charge is 2.22. The number of nitrogens with zero attached hydrogens (tertiary/aromatic N) is 2. The predicted molar refractivity (Wildman–Crippen MR) is 96.2 cm³/mol. The molecule has 124 valence electrons. The smallest absolute Gasteiger partial charge is 0.360 e. The van der Waals surface area contributed by atoms with Gasteiger partial charge in [0.2, 0.25) is 0 Å². The summed E-state index contributed by atoms with van der Waals surface area (Å²) >= 11 is 0. The highest BCUT2D eigenvalue weighted by Crippen LogP contribution is 2.37. The lowest BCUT2D eigenvalue weighted by Crippen LogP contribution is -2.08. The van der Waals surface area contributed by atoms with Crippen molar-refractivity contribution in [3.8, 4) is 11.4 Å². The lowest BCUT2D eigenvalue weighted by atomic mass is 10.2. The maximum Gasteiger partial charge on any atom is 0.360 e. The minimum atomic E-state index is -0.633. The van der Waals surface area contributed by atoms with Gasteiger partial charge in [-0.1, -0.05) is 36.4 Å². The van der Waals surface area contributed by atoms with E-state index in [4.69, 9.17) is 4.74 Å². The van der Waals surface area contributed by atoms with E-state index in [0.717, 1.165) is 22.0 Å². The molecule has 2 aromatic carbocycles. The van der Waals surface area contributed by atoms with Crippen molar-refractivity contribution in [3.63, 3.8) is 0 Å². The number of hydrogen-bond donors (Lipinski definition) is 1. The quantitative estimate of drug-likeness (QED) is 0.575. The molecule has 0 saturated carbocycles. The van der Waals surface area contributed by atoms with Crippen molar-refractivity contribution in [2.75, 3.05) is 6.61 Å². The van der Waals surface area contributed by atoms with Gasteiger partial charge in [-0.25, -0.2) is 9.78 Å². The molecule has 5 heteroatoms. The summed E-state index contributed by atoms with van der Waals surface area (Å²) in [6, 6.07) is 17.5. The Bertz CT molecular complexity index is 1080. The number of aromatic hydroxyl groups is 1. The monoisotopic (exact) mass is 332 g/mol. The molecule has 0 saturated heterocycles. The first kappa shape index (κ1) is 15.2. The molecule has 0 unspecified atom stereocenters. The summed E-state index contributed by atoms with van der Waals surface area (Å²) in [5.74, 6) is -0.803. The number of carbonyl (C=O) groups is 1. The first-order valence-electron chi connectivity index (χ1n) is 8.06. The molecule has 25 heavy (non-hydrogen) atoms. The Kier molecular flexibility index (Phi) is 3.61. The minimum absolute atomic E-state index is 0.0747. The Labute approximate surface area is 144 Å². The van der Waals surface area contributed by atoms with Crippen molar-refractivity contribution >= 4 is 27.8 Å². The third-order valence-corrected chi connectivity index (χ3v) is 4.17. The molecule has 0 fully saturated rings. The van der Waals surface area contributed by atoms with Crippen LogP contribution in [0.2, 0.25) is 0 Å². The average molecular weight is 332 g/mol. The fraction of sp³-hybridized carbons (Fsp3) is 0.100. The Morgan fingerprint density at radius 3 is 2.56 bits per heavy atom. The van der Waals surface area contributed by atoms with E-state index >= 15 is 0 Å². The molecule has 0 aliphatic heterocycles. The number of ether oxygens (including phenoxy) is 1. The molecule has 0 radical (unpaired) electrons. The molecular formula is C20H16N2O3. The van der Waals surface area contributed by atoms with Crippen molar-refractivity contribution < 1.29 is 14.6 Å². The molecule has 4 rings (SSSR count). The molecule has 2 heterocycles. The van der Waals surface area contributed by atoms with Crippen LogP contribution in [0, 0.1) is 0 Å². The summed E-state index contributed by atoms with van der Waals surface area (Å²) < 4.78 is 6.94. The standard InChI is InChI=1S/C20H16N2O3/c1-2-25-20(24)17-19(23)18-15(12-21-17)14-10-6-7-11-16(14)22(18)13-8-4-3-5-9-13/h3-12,23H,2H2,1H3. The number of fused-ring (bicyclic) bond motifs is 3. The fourth-order valence-electron chi connectivity index (χ4n) is 3.13. The second kappa shape index (κ2) is 5.94. The number of hydrogen-bond acceptors (Lipinski definition) is 4. The third kappa shape index (κ3) is 2.32. The summed E-state index contributed by atoms with van der Waals surface area (Å²) in [7, 11) is 0. The number of esters is 1. The Hall–Kier alpha value is -3.34. The predicted octanol–water partition coefficient (Wildman–Crippen LogP) is 4.06. The van der Waals surface area contributed by atoms with Crippen LogP contribution in [0.4, 0.5) is 0 Å². The molecule has 0 aliphatic carbocycles. The zero-order valence-corrected chi connectivity index (χ0v) is 13.6. The molecule has 4 aromatic rings. The molecule has 0 atom stereocenters. The average Bonchev–Trinajstić information content (AvgIpc) is 2.98. The van der Waals surface area contributed by atoms with E-state index in [2.05, 4.69) is 4.98 Å². The van der Waals surface area contributed by atoms with Crippen LogP contribution in [-0.4, -0.2) is 27.2 Å². The van der Waals surface area contributed by atoms with Crippen molar-refractivity contribution in [2.24, 2.45) is 0 Å². The molecule has 2 aromatic heterocycles. The van der Waals surface area contributed by atoms with E-state index in [1.807, 2.05) is 59.2 Å². The topological polar surface area (TPSA) is 64.3 Å². The van der Waals surface area contributed by atoms with E-state index in [1.54, 1.807) is 13.1 Å². The Balaban J connectivity index is 2.13. The SMILES string of the molecule is CCOC(=O)c1ncc2c3ccccc3n(-c3ccccc3)c2c1O. The number of pyridine rings is 1. The maximum absolute atomic E-state index is 12.1. The van der Waals surface area contributed by atoms with Gasteiger partial charge in [-0.15, -0.1) is 0 Å². The lowest BCUT2D eigenvalue weighted by molar-refractivity contribution is 0.0516. The van der Waals surface area contributed by atoms with Gasteiger partial charge in [0.05, 0.1) is 12.1 Å². The van der Waals surface area contributed by atoms with Crippen LogP contribution in [0.3, 0.4) is 0 Å². The van der Waals surface area contributed by atoms with Gasteiger partial charge >= 0.3 is 5.97 Å². The molecule has 0 bridgehead atoms. The van der Waals surface area contributed by atoms with Gasteiger partial charge in [-0.05, 0) is 25.1 Å². The van der Waals surface area contributed by atoms with Crippen molar-refractivity contribution in [1.82, 2.24) is 9.55 Å². The summed E-state index contributed by atoms with van der Waals surface area (Å²) in [6.07, 6.45) is 1.61. The number of aromatic nitrogens is 2. The highest BCUT2D eigenvalue weighted by molar-refractivity contribution is 6.12. The summed E-state index contributed by atoms with van der Waals surface area (Å²) in [5.41, 5.74) is 2.30. The summed E-state index contributed by atoms with van der Waals surface area (Å²) in [4.78, 5) is 16.3. The first-order chi connectivity index (χ1) is 12.2. The first-order valence-corrected chi connectivity index (χ1v) is 8.06. The van der Waals surface area contributed by atoms with Gasteiger partial charge < -0.3 is 14.4 Å². The second-order valence-electron chi connectivity index (χ2n) is 5.63. The van der Waals surface area contributed by atoms with Gasteiger partial charge in [0, 0.05) is 22.7 Å². The van der Waals surface area contributed by atoms with Crippen LogP contribution in [-0.2, 0) is 4.74 Å². The molecule has 0 spiro atoms. The van der Waals surface area contributed by atoms with Crippen LogP contribution in [0.1, 0.15) is 17.4 Å². The Morgan fingerprint density at radius 1 is 1.08 bits per heavy atom. The third-order valence-electron chi connectivity index (χ3n) is 4.17. The molecule has 1 N–H and O–H groups in total. The molecule has 5 nitrogen and oxygen atoms in total. The zero-order chi connectivity index (χ0) is 17.4. The second-order valence-corrected chi connectivity index (χ2v) is 5.63. The lowest BCUT2D eigenvalue weighted by Gasteiger charge is -2.10. The fourth-order valence-corrected chi connectivity index (χ4v) is 3.13. The largest absolute Gasteiger partial charge is 0.504 e. The van der Waals surface area contributed by atoms with Crippen molar-refractivity contribution in [3.05, 3.63) is 66.5 Å². The number of carbonyl (C=O) groups excluding carboxylic acids is 1. The van der Waals surface area contributed by atoms with Crippen molar-refractivity contribution in [2.45, 2.75) is 6.92 Å². The number of para-hydroxylation sites is 2. The van der Waals surface area contributed by atoms with Crippen LogP contribution < -0.4 is 0 Å². The molecule has 0 amide bonds. The van der Waals surface area contributed by atoms with E-state index in [-0.39, 0.29) is 18.1 Å². The Morgan fingerprint density at radius 2 is 1.80 bits per heavy atom. The van der Waals surface area contributed by atoms with Gasteiger partial charge in [0.25, 0.3) is 0 Å². The van der Waals surface area contributed by atoms with Crippen LogP contribution >= 0.6 is 0 Å².